The molecule has 1 heterocycles. The maximum absolute atomic E-state index is 11.1. The van der Waals surface area contributed by atoms with Crippen LogP contribution in [-0.2, 0) is 6.54 Å². The second-order valence-corrected chi connectivity index (χ2v) is 7.26. The van der Waals surface area contributed by atoms with Crippen molar-refractivity contribution in [3.05, 3.63) is 51.6 Å². The first-order valence-corrected chi connectivity index (χ1v) is 9.17. The van der Waals surface area contributed by atoms with Crippen LogP contribution in [0.2, 0.25) is 0 Å². The van der Waals surface area contributed by atoms with E-state index >= 15 is 0 Å². The lowest BCUT2D eigenvalue weighted by atomic mass is 9.99. The van der Waals surface area contributed by atoms with E-state index in [1.807, 2.05) is 18.5 Å². The Morgan fingerprint density at radius 3 is 2.64 bits per heavy atom. The monoisotopic (exact) mass is 340 g/mol. The van der Waals surface area contributed by atoms with Crippen molar-refractivity contribution in [3.8, 4) is 0 Å². The van der Waals surface area contributed by atoms with Gasteiger partial charge in [-0.15, -0.1) is 0 Å². The molecule has 2 aliphatic carbocycles. The summed E-state index contributed by atoms with van der Waals surface area (Å²) < 4.78 is 2.28. The molecule has 2 fully saturated rings. The molecule has 2 aliphatic rings. The Morgan fingerprint density at radius 1 is 1.24 bits per heavy atom. The number of aromatic nitrogens is 2. The SMILES string of the molecule is CNc1cc(Cn2cnc(C3CC3)c2C2CCCC2)ccc1[N+](=O)[O-]. The summed E-state index contributed by atoms with van der Waals surface area (Å²) in [6, 6.07) is 5.33. The molecule has 1 aromatic carbocycles. The van der Waals surface area contributed by atoms with Crippen LogP contribution < -0.4 is 5.32 Å². The smallest absolute Gasteiger partial charge is 0.292 e. The highest BCUT2D eigenvalue weighted by Gasteiger charge is 2.33. The highest BCUT2D eigenvalue weighted by atomic mass is 16.6. The molecule has 0 bridgehead atoms. The van der Waals surface area contributed by atoms with Crippen LogP contribution in [0.5, 0.6) is 0 Å². The van der Waals surface area contributed by atoms with Crippen LogP contribution in [0.4, 0.5) is 11.4 Å². The first-order valence-electron chi connectivity index (χ1n) is 9.17. The van der Waals surface area contributed by atoms with Crippen LogP contribution in [0.25, 0.3) is 0 Å². The topological polar surface area (TPSA) is 73.0 Å². The van der Waals surface area contributed by atoms with Gasteiger partial charge in [0.05, 0.1) is 16.9 Å². The predicted molar refractivity (Wildman–Crippen MR) is 97.2 cm³/mol. The quantitative estimate of drug-likeness (QED) is 0.624. The number of nitrogens with zero attached hydrogens (tertiary/aromatic N) is 3. The lowest BCUT2D eigenvalue weighted by Gasteiger charge is -2.16. The molecule has 6 heteroatoms. The normalized spacial score (nSPS) is 17.8. The average Bonchev–Trinajstić information content (AvgIpc) is 3.15. The highest BCUT2D eigenvalue weighted by molar-refractivity contribution is 5.62. The third-order valence-corrected chi connectivity index (χ3v) is 5.49. The Morgan fingerprint density at radius 2 is 2.00 bits per heavy atom. The van der Waals surface area contributed by atoms with Crippen LogP contribution in [0, 0.1) is 10.1 Å². The van der Waals surface area contributed by atoms with Crippen LogP contribution >= 0.6 is 0 Å². The molecule has 1 N–H and O–H groups in total. The first-order chi connectivity index (χ1) is 12.2. The second kappa shape index (κ2) is 6.50. The Kier molecular flexibility index (Phi) is 4.19. The van der Waals surface area contributed by atoms with Gasteiger partial charge in [-0.3, -0.25) is 10.1 Å². The van der Waals surface area contributed by atoms with E-state index in [2.05, 4.69) is 9.88 Å². The summed E-state index contributed by atoms with van der Waals surface area (Å²) >= 11 is 0. The molecule has 132 valence electrons. The van der Waals surface area contributed by atoms with E-state index in [-0.39, 0.29) is 10.6 Å². The van der Waals surface area contributed by atoms with Crippen molar-refractivity contribution in [2.45, 2.75) is 56.9 Å². The minimum Gasteiger partial charge on any atom is -0.383 e. The van der Waals surface area contributed by atoms with Gasteiger partial charge in [0.25, 0.3) is 5.69 Å². The molecule has 0 atom stereocenters. The van der Waals surface area contributed by atoms with Crippen LogP contribution in [0.15, 0.2) is 24.5 Å². The summed E-state index contributed by atoms with van der Waals surface area (Å²) in [6.45, 7) is 0.720. The summed E-state index contributed by atoms with van der Waals surface area (Å²) in [5.74, 6) is 1.28. The molecule has 2 saturated carbocycles. The molecule has 0 aliphatic heterocycles. The molecule has 0 saturated heterocycles. The molecule has 2 aromatic rings. The lowest BCUT2D eigenvalue weighted by Crippen LogP contribution is -2.09. The third-order valence-electron chi connectivity index (χ3n) is 5.49. The van der Waals surface area contributed by atoms with E-state index in [9.17, 15) is 10.1 Å². The van der Waals surface area contributed by atoms with Gasteiger partial charge in [-0.1, -0.05) is 18.9 Å². The second-order valence-electron chi connectivity index (χ2n) is 7.26. The molecule has 4 rings (SSSR count). The van der Waals surface area contributed by atoms with Crippen molar-refractivity contribution >= 4 is 11.4 Å². The van der Waals surface area contributed by atoms with Crippen LogP contribution in [0.3, 0.4) is 0 Å². The summed E-state index contributed by atoms with van der Waals surface area (Å²) in [4.78, 5) is 15.5. The van der Waals surface area contributed by atoms with Crippen LogP contribution in [0.1, 0.15) is 67.3 Å². The molecular formula is C19H24N4O2. The number of hydrogen-bond donors (Lipinski definition) is 1. The fraction of sp³-hybridized carbons (Fsp3) is 0.526. The standard InChI is InChI=1S/C19H24N4O2/c1-20-16-10-13(6-9-17(16)23(24)25)11-22-12-21-18(14-7-8-14)19(22)15-4-2-3-5-15/h6,9-10,12,14-15,20H,2-5,7-8,11H2,1H3. The number of rotatable bonds is 6. The van der Waals surface area contributed by atoms with E-state index in [0.29, 0.717) is 17.5 Å². The van der Waals surface area contributed by atoms with Crippen molar-refractivity contribution in [1.82, 2.24) is 9.55 Å². The minimum atomic E-state index is -0.345. The molecule has 0 amide bonds. The number of anilines is 1. The highest BCUT2D eigenvalue weighted by Crippen LogP contribution is 2.45. The first kappa shape index (κ1) is 16.1. The van der Waals surface area contributed by atoms with Crippen molar-refractivity contribution in [1.29, 1.82) is 0 Å². The van der Waals surface area contributed by atoms with Gasteiger partial charge in [0.2, 0.25) is 0 Å². The molecule has 0 spiro atoms. The van der Waals surface area contributed by atoms with E-state index in [1.54, 1.807) is 13.1 Å². The Bertz CT molecular complexity index is 789. The molecule has 25 heavy (non-hydrogen) atoms. The number of nitro benzene ring substituents is 1. The fourth-order valence-electron chi connectivity index (χ4n) is 4.09. The number of nitro groups is 1. The number of hydrogen-bond acceptors (Lipinski definition) is 4. The Labute approximate surface area is 147 Å². The fourth-order valence-corrected chi connectivity index (χ4v) is 4.09. The van der Waals surface area contributed by atoms with Gasteiger partial charge >= 0.3 is 0 Å². The van der Waals surface area contributed by atoms with Crippen molar-refractivity contribution in [2.75, 3.05) is 12.4 Å². The number of nitrogens with one attached hydrogen (secondary N) is 1. The van der Waals surface area contributed by atoms with Gasteiger partial charge in [-0.25, -0.2) is 4.98 Å². The summed E-state index contributed by atoms with van der Waals surface area (Å²) in [6.07, 6.45) is 9.63. The van der Waals surface area contributed by atoms with Crippen molar-refractivity contribution in [2.24, 2.45) is 0 Å². The molecule has 0 unspecified atom stereocenters. The lowest BCUT2D eigenvalue weighted by molar-refractivity contribution is -0.383. The largest absolute Gasteiger partial charge is 0.383 e. The minimum absolute atomic E-state index is 0.117. The molecule has 1 aromatic heterocycles. The zero-order valence-electron chi connectivity index (χ0n) is 14.6. The predicted octanol–water partition coefficient (Wildman–Crippen LogP) is 4.42. The van der Waals surface area contributed by atoms with Gasteiger partial charge in [0.15, 0.2) is 0 Å². The van der Waals surface area contributed by atoms with Crippen molar-refractivity contribution in [3.63, 3.8) is 0 Å². The molecule has 6 nitrogen and oxygen atoms in total. The van der Waals surface area contributed by atoms with Gasteiger partial charge in [0, 0.05) is 37.2 Å². The summed E-state index contributed by atoms with van der Waals surface area (Å²) in [7, 11) is 1.72. The van der Waals surface area contributed by atoms with E-state index < -0.39 is 0 Å². The third kappa shape index (κ3) is 3.13. The maximum atomic E-state index is 11.1. The Balaban J connectivity index is 1.65. The number of benzene rings is 1. The van der Waals surface area contributed by atoms with E-state index in [0.717, 1.165) is 12.1 Å². The van der Waals surface area contributed by atoms with Gasteiger partial charge < -0.3 is 9.88 Å². The Hall–Kier alpha value is -2.37. The number of imidazole rings is 1. The van der Waals surface area contributed by atoms with Gasteiger partial charge in [0.1, 0.15) is 5.69 Å². The molecule has 0 radical (unpaired) electrons. The van der Waals surface area contributed by atoms with E-state index in [4.69, 9.17) is 4.98 Å². The zero-order chi connectivity index (χ0) is 17.4. The zero-order valence-corrected chi connectivity index (χ0v) is 14.6. The van der Waals surface area contributed by atoms with E-state index in [1.165, 1.54) is 49.9 Å². The molecular weight excluding hydrogens is 316 g/mol. The van der Waals surface area contributed by atoms with Crippen LogP contribution in [-0.4, -0.2) is 21.5 Å². The van der Waals surface area contributed by atoms with Gasteiger partial charge in [-0.05, 0) is 37.3 Å². The average molecular weight is 340 g/mol. The van der Waals surface area contributed by atoms with Crippen molar-refractivity contribution < 1.29 is 4.92 Å². The summed E-state index contributed by atoms with van der Waals surface area (Å²) in [5.41, 5.74) is 4.47. The maximum Gasteiger partial charge on any atom is 0.292 e. The van der Waals surface area contributed by atoms with Gasteiger partial charge in [-0.2, -0.15) is 0 Å². The summed E-state index contributed by atoms with van der Waals surface area (Å²) in [5, 5.41) is 14.1.